The fourth-order valence-electron chi connectivity index (χ4n) is 3.32. The van der Waals surface area contributed by atoms with Crippen molar-refractivity contribution in [1.82, 2.24) is 9.80 Å². The quantitative estimate of drug-likeness (QED) is 0.675. The number of carbonyl (C=O) groups is 5. The number of nitrogens with zero attached hydrogens (tertiary/aromatic N) is 2. The number of carboxylic acid groups (broad SMARTS) is 1. The molecule has 1 fully saturated rings. The van der Waals surface area contributed by atoms with Gasteiger partial charge in [-0.05, 0) is 36.0 Å². The molecule has 0 aliphatic carbocycles. The van der Waals surface area contributed by atoms with Gasteiger partial charge in [0.15, 0.2) is 5.37 Å². The van der Waals surface area contributed by atoms with E-state index in [2.05, 4.69) is 5.32 Å². The van der Waals surface area contributed by atoms with E-state index in [1.165, 1.54) is 12.1 Å². The van der Waals surface area contributed by atoms with Gasteiger partial charge in [0.2, 0.25) is 0 Å². The molecule has 152 valence electrons. The van der Waals surface area contributed by atoms with Gasteiger partial charge in [0.25, 0.3) is 23.0 Å². The Morgan fingerprint density at radius 1 is 0.900 bits per heavy atom. The van der Waals surface area contributed by atoms with Gasteiger partial charge in [0.1, 0.15) is 0 Å². The summed E-state index contributed by atoms with van der Waals surface area (Å²) in [6, 6.07) is 12.5. The van der Waals surface area contributed by atoms with Crippen molar-refractivity contribution >= 4 is 46.4 Å². The number of thioether (sulfide) groups is 1. The molecular formula is C20H15N3O6S. The highest BCUT2D eigenvalue weighted by Gasteiger charge is 2.42. The monoisotopic (exact) mass is 425 g/mol. The minimum absolute atomic E-state index is 0.0252. The van der Waals surface area contributed by atoms with Crippen molar-refractivity contribution in [3.8, 4) is 0 Å². The van der Waals surface area contributed by atoms with Crippen LogP contribution >= 0.6 is 11.8 Å². The largest absolute Gasteiger partial charge is 0.478 e. The van der Waals surface area contributed by atoms with Crippen molar-refractivity contribution in [2.75, 3.05) is 18.4 Å². The number of benzene rings is 2. The number of hydrogen-bond acceptors (Lipinski definition) is 7. The maximum atomic E-state index is 12.7. The van der Waals surface area contributed by atoms with Crippen LogP contribution in [-0.4, -0.2) is 62.3 Å². The zero-order chi connectivity index (χ0) is 21.4. The summed E-state index contributed by atoms with van der Waals surface area (Å²) in [6.07, 6.45) is 0. The van der Waals surface area contributed by atoms with Crippen molar-refractivity contribution in [3.05, 3.63) is 65.2 Å². The Morgan fingerprint density at radius 3 is 2.10 bits per heavy atom. The molecule has 0 saturated carbocycles. The van der Waals surface area contributed by atoms with Crippen LogP contribution in [0.15, 0.2) is 48.5 Å². The van der Waals surface area contributed by atoms with Crippen molar-refractivity contribution in [2.45, 2.75) is 5.37 Å². The zero-order valence-corrected chi connectivity index (χ0v) is 16.2. The Labute approximate surface area is 174 Å². The first-order chi connectivity index (χ1) is 14.4. The SMILES string of the molecule is O=C(O)c1ccccc1NC1SC(=O)N(CCN2C(=O)c3ccccc3C2=O)C1=O. The molecular weight excluding hydrogens is 410 g/mol. The lowest BCUT2D eigenvalue weighted by molar-refractivity contribution is -0.126. The highest BCUT2D eigenvalue weighted by Crippen LogP contribution is 2.30. The van der Waals surface area contributed by atoms with Gasteiger partial charge in [0.05, 0.1) is 16.7 Å². The van der Waals surface area contributed by atoms with E-state index in [4.69, 9.17) is 0 Å². The van der Waals surface area contributed by atoms with Crippen molar-refractivity contribution in [1.29, 1.82) is 0 Å². The van der Waals surface area contributed by atoms with Crippen LogP contribution < -0.4 is 5.32 Å². The molecule has 10 heteroatoms. The molecule has 2 aliphatic rings. The molecule has 2 heterocycles. The fraction of sp³-hybridized carbons (Fsp3) is 0.150. The Morgan fingerprint density at radius 2 is 1.47 bits per heavy atom. The average Bonchev–Trinajstić information content (AvgIpc) is 3.14. The summed E-state index contributed by atoms with van der Waals surface area (Å²) in [6.45, 7) is -0.266. The molecule has 1 atom stereocenters. The summed E-state index contributed by atoms with van der Waals surface area (Å²) in [4.78, 5) is 63.1. The number of nitrogens with one attached hydrogen (secondary N) is 1. The van der Waals surface area contributed by atoms with Crippen molar-refractivity contribution < 1.29 is 29.1 Å². The molecule has 0 spiro atoms. The van der Waals surface area contributed by atoms with Gasteiger partial charge in [0, 0.05) is 18.8 Å². The molecule has 0 radical (unpaired) electrons. The average molecular weight is 425 g/mol. The van der Waals surface area contributed by atoms with E-state index in [9.17, 15) is 29.1 Å². The van der Waals surface area contributed by atoms with E-state index >= 15 is 0 Å². The first-order valence-electron chi connectivity index (χ1n) is 8.94. The van der Waals surface area contributed by atoms with Gasteiger partial charge in [-0.25, -0.2) is 4.79 Å². The lowest BCUT2D eigenvalue weighted by Crippen LogP contribution is -2.42. The Hall–Kier alpha value is -3.66. The summed E-state index contributed by atoms with van der Waals surface area (Å²) in [5.74, 6) is -2.66. The normalized spacial score (nSPS) is 18.2. The van der Waals surface area contributed by atoms with Crippen LogP contribution in [0.25, 0.3) is 0 Å². The molecule has 1 saturated heterocycles. The first-order valence-corrected chi connectivity index (χ1v) is 9.82. The second-order valence-corrected chi connectivity index (χ2v) is 7.61. The summed E-state index contributed by atoms with van der Waals surface area (Å²) < 4.78 is 0. The molecule has 9 nitrogen and oxygen atoms in total. The van der Waals surface area contributed by atoms with Crippen LogP contribution in [0.2, 0.25) is 0 Å². The summed E-state index contributed by atoms with van der Waals surface area (Å²) >= 11 is 0.713. The third kappa shape index (κ3) is 3.30. The van der Waals surface area contributed by atoms with E-state index in [0.717, 1.165) is 9.80 Å². The number of carboxylic acids is 1. The molecule has 0 bridgehead atoms. The van der Waals surface area contributed by atoms with Gasteiger partial charge in [-0.2, -0.15) is 0 Å². The molecule has 2 aromatic rings. The highest BCUT2D eigenvalue weighted by molar-refractivity contribution is 8.15. The predicted octanol–water partition coefficient (Wildman–Crippen LogP) is 2.11. The topological polar surface area (TPSA) is 124 Å². The maximum absolute atomic E-state index is 12.7. The highest BCUT2D eigenvalue weighted by atomic mass is 32.2. The maximum Gasteiger partial charge on any atom is 0.337 e. The molecule has 30 heavy (non-hydrogen) atoms. The summed E-state index contributed by atoms with van der Waals surface area (Å²) in [5.41, 5.74) is 0.773. The van der Waals surface area contributed by atoms with Crippen LogP contribution in [0.5, 0.6) is 0 Å². The number of amides is 4. The Kier molecular flexibility index (Phi) is 5.00. The predicted molar refractivity (Wildman–Crippen MR) is 107 cm³/mol. The lowest BCUT2D eigenvalue weighted by atomic mass is 10.1. The zero-order valence-electron chi connectivity index (χ0n) is 15.4. The van der Waals surface area contributed by atoms with Crippen LogP contribution in [-0.2, 0) is 4.79 Å². The molecule has 2 N–H and O–H groups in total. The number of aromatic carboxylic acids is 1. The van der Waals surface area contributed by atoms with E-state index in [1.54, 1.807) is 36.4 Å². The number of imide groups is 2. The third-order valence-corrected chi connectivity index (χ3v) is 5.78. The number of para-hydroxylation sites is 1. The summed E-state index contributed by atoms with van der Waals surface area (Å²) in [7, 11) is 0. The van der Waals surface area contributed by atoms with E-state index < -0.39 is 34.3 Å². The Balaban J connectivity index is 1.44. The minimum Gasteiger partial charge on any atom is -0.478 e. The standard InChI is InChI=1S/C20H15N3O6S/c24-16-11-5-1-2-6-12(11)17(25)22(16)9-10-23-18(26)15(30-20(23)29)21-14-8-4-3-7-13(14)19(27)28/h1-8,15,21H,9-10H2,(H,27,28). The number of fused-ring (bicyclic) bond motifs is 1. The second-order valence-electron chi connectivity index (χ2n) is 6.56. The molecule has 4 rings (SSSR count). The smallest absolute Gasteiger partial charge is 0.337 e. The number of carbonyl (C=O) groups excluding carboxylic acids is 4. The van der Waals surface area contributed by atoms with E-state index in [0.29, 0.717) is 22.9 Å². The van der Waals surface area contributed by atoms with Crippen LogP contribution in [0, 0.1) is 0 Å². The number of anilines is 1. The number of hydrogen-bond donors (Lipinski definition) is 2. The van der Waals surface area contributed by atoms with Gasteiger partial charge in [-0.3, -0.25) is 29.0 Å². The molecule has 0 aromatic heterocycles. The molecule has 1 unspecified atom stereocenters. The lowest BCUT2D eigenvalue weighted by Gasteiger charge is -2.19. The first kappa shape index (κ1) is 19.6. The van der Waals surface area contributed by atoms with Gasteiger partial charge in [-0.15, -0.1) is 0 Å². The van der Waals surface area contributed by atoms with Crippen LogP contribution in [0.4, 0.5) is 10.5 Å². The minimum atomic E-state index is -1.16. The van der Waals surface area contributed by atoms with Gasteiger partial charge in [-0.1, -0.05) is 24.3 Å². The fourth-order valence-corrected chi connectivity index (χ4v) is 4.24. The van der Waals surface area contributed by atoms with E-state index in [1.807, 2.05) is 0 Å². The van der Waals surface area contributed by atoms with E-state index in [-0.39, 0.29) is 24.3 Å². The van der Waals surface area contributed by atoms with Gasteiger partial charge < -0.3 is 10.4 Å². The third-order valence-electron chi connectivity index (χ3n) is 4.80. The van der Waals surface area contributed by atoms with Crippen molar-refractivity contribution in [2.24, 2.45) is 0 Å². The van der Waals surface area contributed by atoms with Gasteiger partial charge >= 0.3 is 5.97 Å². The van der Waals surface area contributed by atoms with Crippen LogP contribution in [0.3, 0.4) is 0 Å². The molecule has 2 aliphatic heterocycles. The van der Waals surface area contributed by atoms with Crippen LogP contribution in [0.1, 0.15) is 31.1 Å². The van der Waals surface area contributed by atoms with Crippen molar-refractivity contribution in [3.63, 3.8) is 0 Å². The second kappa shape index (κ2) is 7.64. The molecule has 2 aromatic carbocycles. The number of rotatable bonds is 6. The Bertz CT molecular complexity index is 1070. The molecule has 4 amide bonds. The summed E-state index contributed by atoms with van der Waals surface area (Å²) in [5, 5.41) is 10.5.